The number of carbonyl (C=O) groups excluding carboxylic acids is 3. The highest BCUT2D eigenvalue weighted by atomic mass is 19.3. The van der Waals surface area contributed by atoms with Gasteiger partial charge in [0.1, 0.15) is 23.1 Å². The Balaban J connectivity index is 0.000000256. The quantitative estimate of drug-likeness (QED) is 0.0666. The fourth-order valence-corrected chi connectivity index (χ4v) is 4.77. The number of Topliss-reactive ketones (excluding diaryl/α,β-unsaturated/α-hetero) is 2. The first kappa shape index (κ1) is 41.0. The number of nitrogens with two attached hydrogens (primary N) is 3. The molecule has 1 amide bonds. The number of hydrogen-bond acceptors (Lipinski definition) is 8. The van der Waals surface area contributed by atoms with Gasteiger partial charge in [0.2, 0.25) is 11.6 Å². The van der Waals surface area contributed by atoms with E-state index in [2.05, 4.69) is 19.5 Å². The van der Waals surface area contributed by atoms with Crippen LogP contribution in [0.5, 0.6) is 11.5 Å². The van der Waals surface area contributed by atoms with Crippen LogP contribution in [0.3, 0.4) is 0 Å². The number of nitrogens with zero attached hydrogens (tertiary/aromatic N) is 3. The fraction of sp³-hybridized carbons (Fsp3) is 0.194. The first-order chi connectivity index (χ1) is 24.9. The summed E-state index contributed by atoms with van der Waals surface area (Å²) in [4.78, 5) is 46.0. The van der Waals surface area contributed by atoms with E-state index in [1.807, 2.05) is 0 Å². The average Bonchev–Trinajstić information content (AvgIpc) is 3.35. The summed E-state index contributed by atoms with van der Waals surface area (Å²) in [5.74, 6) is -2.96. The van der Waals surface area contributed by atoms with Crippen LogP contribution in [0, 0.1) is 25.5 Å². The molecule has 0 saturated carbocycles. The highest BCUT2D eigenvalue weighted by Crippen LogP contribution is 2.40. The Morgan fingerprint density at radius 2 is 1.15 bits per heavy atom. The van der Waals surface area contributed by atoms with Crippen molar-refractivity contribution < 1.29 is 50.2 Å². The highest BCUT2D eigenvalue weighted by molar-refractivity contribution is 6.49. The van der Waals surface area contributed by atoms with Crippen molar-refractivity contribution in [2.24, 2.45) is 27.2 Å². The molecule has 1 unspecified atom stereocenters. The summed E-state index contributed by atoms with van der Waals surface area (Å²) < 4.78 is 84.1. The van der Waals surface area contributed by atoms with Gasteiger partial charge < -0.3 is 26.7 Å². The van der Waals surface area contributed by atoms with Crippen molar-refractivity contribution in [3.05, 3.63) is 130 Å². The van der Waals surface area contributed by atoms with Gasteiger partial charge in [0.25, 0.3) is 5.91 Å². The van der Waals surface area contributed by atoms with Crippen LogP contribution >= 0.6 is 0 Å². The molecular formula is C36H34F6N6O5. The fourth-order valence-electron chi connectivity index (χ4n) is 4.77. The Morgan fingerprint density at radius 1 is 0.736 bits per heavy atom. The standard InChI is InChI=1S/C18H16F3N3O2.C16H11F3O3.C2H7N3/c1-10-9-12(5-8-14(10)19)18(15(25)24(2)17(22)23-18)11-3-6-13(7-4-11)26-16(20)21;1-9-8-11(4-7-13(9)17)15(21)14(20)10-2-5-12(6-3-10)22-16(18)19;1-5-2(3)4/h3-9,16H,1-2H3,(H2,22,23);2-8,16H,1H3;1H3,(H4,3,4,5). The van der Waals surface area contributed by atoms with E-state index in [1.165, 1.54) is 105 Å². The summed E-state index contributed by atoms with van der Waals surface area (Å²) in [5.41, 5.74) is 15.5. The molecule has 17 heteroatoms. The number of rotatable bonds is 9. The summed E-state index contributed by atoms with van der Waals surface area (Å²) in [6, 6.07) is 18.2. The largest absolute Gasteiger partial charge is 0.435 e. The molecule has 1 heterocycles. The number of benzene rings is 4. The predicted octanol–water partition coefficient (Wildman–Crippen LogP) is 5.46. The van der Waals surface area contributed by atoms with E-state index in [1.54, 1.807) is 6.92 Å². The van der Waals surface area contributed by atoms with Crippen LogP contribution < -0.4 is 26.7 Å². The molecule has 0 fully saturated rings. The van der Waals surface area contributed by atoms with E-state index in [0.717, 1.165) is 6.07 Å². The summed E-state index contributed by atoms with van der Waals surface area (Å²) in [6.07, 6.45) is 0. The number of ether oxygens (including phenoxy) is 2. The first-order valence-electron chi connectivity index (χ1n) is 15.2. The number of amides is 1. The van der Waals surface area contributed by atoms with Gasteiger partial charge in [-0.25, -0.2) is 13.8 Å². The van der Waals surface area contributed by atoms with Crippen LogP contribution in [0.1, 0.15) is 43.0 Å². The first-order valence-corrected chi connectivity index (χ1v) is 15.2. The highest BCUT2D eigenvalue weighted by Gasteiger charge is 2.49. The Labute approximate surface area is 299 Å². The second kappa shape index (κ2) is 17.7. The van der Waals surface area contributed by atoms with E-state index in [4.69, 9.17) is 17.2 Å². The molecule has 5 rings (SSSR count). The number of carbonyl (C=O) groups is 3. The van der Waals surface area contributed by atoms with Gasteiger partial charge in [-0.2, -0.15) is 17.6 Å². The number of ketones is 2. The second-order valence-corrected chi connectivity index (χ2v) is 11.1. The van der Waals surface area contributed by atoms with Crippen molar-refractivity contribution in [2.75, 3.05) is 14.1 Å². The van der Waals surface area contributed by atoms with E-state index in [9.17, 15) is 40.7 Å². The maximum Gasteiger partial charge on any atom is 0.387 e. The lowest BCUT2D eigenvalue weighted by Crippen LogP contribution is -2.41. The average molecular weight is 745 g/mol. The molecule has 4 aromatic rings. The molecule has 1 aliphatic heterocycles. The summed E-state index contributed by atoms with van der Waals surface area (Å²) in [6.45, 7) is -2.87. The number of aliphatic imine (C=N–C) groups is 2. The molecule has 280 valence electrons. The minimum absolute atomic E-state index is 0.00452. The van der Waals surface area contributed by atoms with E-state index in [0.29, 0.717) is 16.7 Å². The Bertz CT molecular complexity index is 2010. The SMILES string of the molecule is CN=C(N)N.Cc1cc(C(=O)C(=O)c2ccc(OC(F)F)cc2)ccc1F.Cc1cc(C2(c3ccc(OC(F)F)cc3)N=C(N)N(C)C2=O)ccc1F. The minimum atomic E-state index is -2.97. The zero-order valence-corrected chi connectivity index (χ0v) is 28.6. The third kappa shape index (κ3) is 10.1. The van der Waals surface area contributed by atoms with Gasteiger partial charge in [0, 0.05) is 25.2 Å². The van der Waals surface area contributed by atoms with Gasteiger partial charge in [-0.3, -0.25) is 24.3 Å². The maximum absolute atomic E-state index is 13.7. The maximum atomic E-state index is 13.7. The van der Waals surface area contributed by atoms with E-state index in [-0.39, 0.29) is 40.1 Å². The number of likely N-dealkylation sites (N-methyl/N-ethyl adjacent to an activating group) is 1. The smallest absolute Gasteiger partial charge is 0.387 e. The Hall–Kier alpha value is -6.39. The third-order valence-corrected chi connectivity index (χ3v) is 7.54. The van der Waals surface area contributed by atoms with Crippen molar-refractivity contribution in [1.82, 2.24) is 4.90 Å². The molecule has 6 N–H and O–H groups in total. The van der Waals surface area contributed by atoms with Crippen molar-refractivity contribution in [3.63, 3.8) is 0 Å². The summed E-state index contributed by atoms with van der Waals surface area (Å²) in [7, 11) is 3.02. The monoisotopic (exact) mass is 744 g/mol. The normalized spacial score (nSPS) is 14.8. The van der Waals surface area contributed by atoms with Crippen LogP contribution in [-0.2, 0) is 10.3 Å². The molecule has 53 heavy (non-hydrogen) atoms. The van der Waals surface area contributed by atoms with E-state index >= 15 is 0 Å². The third-order valence-electron chi connectivity index (χ3n) is 7.54. The molecule has 0 aliphatic carbocycles. The number of alkyl halides is 4. The number of halogens is 6. The van der Waals surface area contributed by atoms with E-state index < -0.39 is 47.9 Å². The predicted molar refractivity (Wildman–Crippen MR) is 184 cm³/mol. The Kier molecular flexibility index (Phi) is 13.7. The van der Waals surface area contributed by atoms with Gasteiger partial charge >= 0.3 is 13.2 Å². The van der Waals surface area contributed by atoms with Crippen LogP contribution in [0.15, 0.2) is 94.9 Å². The topological polar surface area (TPSA) is 176 Å². The molecule has 0 saturated heterocycles. The number of guanidine groups is 2. The zero-order valence-electron chi connectivity index (χ0n) is 28.6. The lowest BCUT2D eigenvalue weighted by Gasteiger charge is -2.26. The van der Waals surface area contributed by atoms with Crippen LogP contribution in [0.25, 0.3) is 0 Å². The molecule has 11 nitrogen and oxygen atoms in total. The van der Waals surface area contributed by atoms with Crippen LogP contribution in [-0.4, -0.2) is 61.6 Å². The summed E-state index contributed by atoms with van der Waals surface area (Å²) in [5, 5.41) is 0. The lowest BCUT2D eigenvalue weighted by atomic mass is 9.82. The van der Waals surface area contributed by atoms with Crippen molar-refractivity contribution >= 4 is 29.4 Å². The van der Waals surface area contributed by atoms with Crippen LogP contribution in [0.4, 0.5) is 26.3 Å². The molecule has 1 atom stereocenters. The zero-order chi connectivity index (χ0) is 39.6. The lowest BCUT2D eigenvalue weighted by molar-refractivity contribution is -0.129. The van der Waals surface area contributed by atoms with Gasteiger partial charge in [-0.1, -0.05) is 18.2 Å². The van der Waals surface area contributed by atoms with Crippen LogP contribution in [0.2, 0.25) is 0 Å². The van der Waals surface area contributed by atoms with Gasteiger partial charge in [-0.15, -0.1) is 0 Å². The van der Waals surface area contributed by atoms with Crippen molar-refractivity contribution in [3.8, 4) is 11.5 Å². The van der Waals surface area contributed by atoms with Gasteiger partial charge in [0.15, 0.2) is 17.5 Å². The molecular weight excluding hydrogens is 710 g/mol. The molecule has 0 radical (unpaired) electrons. The van der Waals surface area contributed by atoms with Gasteiger partial charge in [-0.05, 0) is 103 Å². The molecule has 0 spiro atoms. The van der Waals surface area contributed by atoms with Crippen molar-refractivity contribution in [1.29, 1.82) is 0 Å². The van der Waals surface area contributed by atoms with Crippen molar-refractivity contribution in [2.45, 2.75) is 32.6 Å². The molecule has 1 aliphatic rings. The summed E-state index contributed by atoms with van der Waals surface area (Å²) >= 11 is 0. The second-order valence-electron chi connectivity index (χ2n) is 11.1. The van der Waals surface area contributed by atoms with Gasteiger partial charge in [0.05, 0.1) is 0 Å². The molecule has 4 aromatic carbocycles. The number of aryl methyl sites for hydroxylation is 2. The molecule has 0 aromatic heterocycles. The Morgan fingerprint density at radius 3 is 1.57 bits per heavy atom. The molecule has 0 bridgehead atoms. The minimum Gasteiger partial charge on any atom is -0.435 e. The number of hydrogen-bond donors (Lipinski definition) is 3.